The van der Waals surface area contributed by atoms with Crippen LogP contribution >= 0.6 is 0 Å². The Kier molecular flexibility index (Phi) is 14.8. The Morgan fingerprint density at radius 3 is 2.26 bits per heavy atom. The summed E-state index contributed by atoms with van der Waals surface area (Å²) < 4.78 is 27.5. The van der Waals surface area contributed by atoms with E-state index in [0.717, 1.165) is 30.4 Å². The molecule has 0 radical (unpaired) electrons. The lowest BCUT2D eigenvalue weighted by molar-refractivity contribution is -0.156. The first-order valence-electron chi connectivity index (χ1n) is 13.9. The van der Waals surface area contributed by atoms with E-state index in [1.807, 2.05) is 42.2 Å². The Morgan fingerprint density at radius 1 is 0.872 bits per heavy atom. The third-order valence-corrected chi connectivity index (χ3v) is 6.35. The predicted octanol–water partition coefficient (Wildman–Crippen LogP) is 5.59. The SMILES string of the molecule is CCCCCCCN(Cc1cccc(OC)c1OC)C(=O)COc1ccc(C[C@H](OCC)C(=O)OCC)cc1. The lowest BCUT2D eigenvalue weighted by Gasteiger charge is -2.24. The van der Waals surface area contributed by atoms with Crippen LogP contribution in [-0.4, -0.2) is 63.5 Å². The number of rotatable bonds is 19. The van der Waals surface area contributed by atoms with E-state index in [-0.39, 0.29) is 18.5 Å². The molecular formula is C31H45NO7. The van der Waals surface area contributed by atoms with Gasteiger partial charge in [-0.2, -0.15) is 0 Å². The average Bonchev–Trinajstić information content (AvgIpc) is 2.95. The Morgan fingerprint density at radius 2 is 1.62 bits per heavy atom. The number of unbranched alkanes of at least 4 members (excludes halogenated alkanes) is 4. The van der Waals surface area contributed by atoms with Crippen LogP contribution in [0.1, 0.15) is 64.0 Å². The molecule has 2 aromatic rings. The lowest BCUT2D eigenvalue weighted by atomic mass is 10.1. The quantitative estimate of drug-likeness (QED) is 0.169. The highest BCUT2D eigenvalue weighted by molar-refractivity contribution is 5.78. The fraction of sp³-hybridized carbons (Fsp3) is 0.548. The standard InChI is InChI=1S/C31H45NO7/c1-6-9-10-11-12-20-32(22-25-14-13-15-27(35-4)30(25)36-5)29(33)23-39-26-18-16-24(17-19-26)21-28(37-7-2)31(34)38-8-3/h13-19,28H,6-12,20-23H2,1-5H3/t28-/m0/s1. The highest BCUT2D eigenvalue weighted by atomic mass is 16.6. The first kappa shape index (κ1) is 32.0. The number of hydrogen-bond donors (Lipinski definition) is 0. The smallest absolute Gasteiger partial charge is 0.335 e. The van der Waals surface area contributed by atoms with Gasteiger partial charge in [0.05, 0.1) is 20.8 Å². The Labute approximate surface area is 233 Å². The molecule has 1 amide bonds. The molecule has 0 aliphatic rings. The van der Waals surface area contributed by atoms with Crippen LogP contribution < -0.4 is 14.2 Å². The van der Waals surface area contributed by atoms with Crippen molar-refractivity contribution >= 4 is 11.9 Å². The van der Waals surface area contributed by atoms with Gasteiger partial charge in [0.25, 0.3) is 5.91 Å². The van der Waals surface area contributed by atoms with Gasteiger partial charge in [-0.15, -0.1) is 0 Å². The van der Waals surface area contributed by atoms with Gasteiger partial charge in [0.2, 0.25) is 0 Å². The summed E-state index contributed by atoms with van der Waals surface area (Å²) in [5.74, 6) is 1.38. The number of carbonyl (C=O) groups excluding carboxylic acids is 2. The number of nitrogens with zero attached hydrogens (tertiary/aromatic N) is 1. The van der Waals surface area contributed by atoms with Crippen molar-refractivity contribution in [2.75, 3.05) is 40.6 Å². The van der Waals surface area contributed by atoms with E-state index < -0.39 is 6.10 Å². The molecule has 0 saturated heterocycles. The molecule has 8 nitrogen and oxygen atoms in total. The van der Waals surface area contributed by atoms with Crippen molar-refractivity contribution in [3.05, 3.63) is 53.6 Å². The second-order valence-corrected chi connectivity index (χ2v) is 9.21. The van der Waals surface area contributed by atoms with E-state index in [1.54, 1.807) is 33.3 Å². The van der Waals surface area contributed by atoms with Crippen molar-refractivity contribution in [3.63, 3.8) is 0 Å². The molecule has 0 aliphatic heterocycles. The van der Waals surface area contributed by atoms with Gasteiger partial charge in [-0.1, -0.05) is 56.9 Å². The van der Waals surface area contributed by atoms with Crippen molar-refractivity contribution in [1.29, 1.82) is 0 Å². The molecule has 0 aromatic heterocycles. The van der Waals surface area contributed by atoms with Gasteiger partial charge in [-0.25, -0.2) is 4.79 Å². The van der Waals surface area contributed by atoms with E-state index in [1.165, 1.54) is 12.8 Å². The lowest BCUT2D eigenvalue weighted by Crippen LogP contribution is -2.35. The van der Waals surface area contributed by atoms with Crippen LogP contribution in [0.4, 0.5) is 0 Å². The van der Waals surface area contributed by atoms with Crippen LogP contribution in [0.3, 0.4) is 0 Å². The number of hydrogen-bond acceptors (Lipinski definition) is 7. The molecular weight excluding hydrogens is 498 g/mol. The zero-order valence-electron chi connectivity index (χ0n) is 24.2. The van der Waals surface area contributed by atoms with Crippen LogP contribution in [0, 0.1) is 0 Å². The minimum absolute atomic E-state index is 0.0784. The molecule has 0 spiro atoms. The van der Waals surface area contributed by atoms with Crippen LogP contribution in [0.15, 0.2) is 42.5 Å². The van der Waals surface area contributed by atoms with Crippen molar-refractivity contribution in [3.8, 4) is 17.2 Å². The predicted molar refractivity (Wildman–Crippen MR) is 151 cm³/mol. The average molecular weight is 544 g/mol. The Balaban J connectivity index is 2.04. The molecule has 0 heterocycles. The van der Waals surface area contributed by atoms with Crippen molar-refractivity contribution in [1.82, 2.24) is 4.90 Å². The molecule has 0 N–H and O–H groups in total. The Hall–Kier alpha value is -3.26. The first-order chi connectivity index (χ1) is 19.0. The van der Waals surface area contributed by atoms with E-state index in [9.17, 15) is 9.59 Å². The highest BCUT2D eigenvalue weighted by Gasteiger charge is 2.21. The van der Waals surface area contributed by atoms with Gasteiger partial charge in [0.1, 0.15) is 5.75 Å². The maximum Gasteiger partial charge on any atom is 0.335 e. The summed E-state index contributed by atoms with van der Waals surface area (Å²) in [6, 6.07) is 13.0. The van der Waals surface area contributed by atoms with E-state index in [0.29, 0.717) is 50.0 Å². The van der Waals surface area contributed by atoms with E-state index >= 15 is 0 Å². The second kappa shape index (κ2) is 18.1. The molecule has 216 valence electrons. The number of ether oxygens (including phenoxy) is 5. The van der Waals surface area contributed by atoms with E-state index in [4.69, 9.17) is 23.7 Å². The van der Waals surface area contributed by atoms with Crippen molar-refractivity contribution < 1.29 is 33.3 Å². The molecule has 39 heavy (non-hydrogen) atoms. The van der Waals surface area contributed by atoms with Gasteiger partial charge in [0.15, 0.2) is 24.2 Å². The number of para-hydroxylation sites is 1. The summed E-state index contributed by atoms with van der Waals surface area (Å²) in [5, 5.41) is 0. The number of esters is 1. The highest BCUT2D eigenvalue weighted by Crippen LogP contribution is 2.31. The van der Waals surface area contributed by atoms with Gasteiger partial charge in [-0.3, -0.25) is 4.79 Å². The van der Waals surface area contributed by atoms with Gasteiger partial charge < -0.3 is 28.6 Å². The number of methoxy groups -OCH3 is 2. The summed E-state index contributed by atoms with van der Waals surface area (Å²) >= 11 is 0. The minimum atomic E-state index is -0.650. The number of amides is 1. The maximum absolute atomic E-state index is 13.3. The van der Waals surface area contributed by atoms with Crippen LogP contribution in [0.25, 0.3) is 0 Å². The zero-order valence-corrected chi connectivity index (χ0v) is 24.2. The molecule has 0 aliphatic carbocycles. The second-order valence-electron chi connectivity index (χ2n) is 9.21. The third-order valence-electron chi connectivity index (χ3n) is 6.35. The molecule has 0 fully saturated rings. The minimum Gasteiger partial charge on any atom is -0.493 e. The van der Waals surface area contributed by atoms with Crippen LogP contribution in [-0.2, 0) is 32.0 Å². The number of benzene rings is 2. The third kappa shape index (κ3) is 10.8. The summed E-state index contributed by atoms with van der Waals surface area (Å²) in [7, 11) is 3.21. The molecule has 2 rings (SSSR count). The van der Waals surface area contributed by atoms with Crippen LogP contribution in [0.5, 0.6) is 17.2 Å². The van der Waals surface area contributed by atoms with Crippen molar-refractivity contribution in [2.24, 2.45) is 0 Å². The zero-order chi connectivity index (χ0) is 28.5. The number of carbonyl (C=O) groups is 2. The van der Waals surface area contributed by atoms with Gasteiger partial charge in [-0.05, 0) is 44.0 Å². The first-order valence-corrected chi connectivity index (χ1v) is 13.9. The summed E-state index contributed by atoms with van der Waals surface area (Å²) in [6.45, 7) is 7.50. The summed E-state index contributed by atoms with van der Waals surface area (Å²) in [5.41, 5.74) is 1.80. The largest absolute Gasteiger partial charge is 0.493 e. The fourth-order valence-electron chi connectivity index (χ4n) is 4.30. The van der Waals surface area contributed by atoms with E-state index in [2.05, 4.69) is 6.92 Å². The normalized spacial score (nSPS) is 11.5. The molecule has 2 aromatic carbocycles. The maximum atomic E-state index is 13.3. The Bertz CT molecular complexity index is 993. The monoisotopic (exact) mass is 543 g/mol. The summed E-state index contributed by atoms with van der Waals surface area (Å²) in [6.07, 6.45) is 5.28. The molecule has 0 saturated carbocycles. The molecule has 0 bridgehead atoms. The van der Waals surface area contributed by atoms with Crippen molar-refractivity contribution in [2.45, 2.75) is 71.9 Å². The molecule has 0 unspecified atom stereocenters. The topological polar surface area (TPSA) is 83.5 Å². The van der Waals surface area contributed by atoms with Gasteiger partial charge >= 0.3 is 5.97 Å². The fourth-order valence-corrected chi connectivity index (χ4v) is 4.30. The summed E-state index contributed by atoms with van der Waals surface area (Å²) in [4.78, 5) is 27.3. The van der Waals surface area contributed by atoms with Gasteiger partial charge in [0, 0.05) is 31.7 Å². The molecule has 8 heteroatoms. The van der Waals surface area contributed by atoms with Crippen LogP contribution in [0.2, 0.25) is 0 Å². The molecule has 1 atom stereocenters.